The number of carbonyl (C=O) groups excluding carboxylic acids is 2. The van der Waals surface area contributed by atoms with E-state index < -0.39 is 5.91 Å². The number of pyridine rings is 1. The van der Waals surface area contributed by atoms with Crippen LogP contribution in [-0.4, -0.2) is 16.8 Å². The summed E-state index contributed by atoms with van der Waals surface area (Å²) in [4.78, 5) is 29.5. The van der Waals surface area contributed by atoms with Gasteiger partial charge in [0.2, 0.25) is 0 Å². The molecule has 2 amide bonds. The van der Waals surface area contributed by atoms with Gasteiger partial charge < -0.3 is 0 Å². The number of hydrazine groups is 1. The smallest absolute Gasteiger partial charge is 0.267 e. The molecule has 2 aromatic carbocycles. The van der Waals surface area contributed by atoms with Gasteiger partial charge in [-0.3, -0.25) is 25.4 Å². The van der Waals surface area contributed by atoms with Crippen molar-refractivity contribution < 1.29 is 9.59 Å². The van der Waals surface area contributed by atoms with Gasteiger partial charge in [0.05, 0.1) is 11.1 Å². The van der Waals surface area contributed by atoms with Crippen molar-refractivity contribution in [3.8, 4) is 0 Å². The summed E-state index contributed by atoms with van der Waals surface area (Å²) in [6.07, 6.45) is 2.19. The van der Waals surface area contributed by atoms with E-state index in [4.69, 9.17) is 11.6 Å². The molecule has 130 valence electrons. The number of hydrogen-bond acceptors (Lipinski definition) is 3. The Morgan fingerprint density at radius 2 is 1.65 bits per heavy atom. The molecule has 1 heterocycles. The van der Waals surface area contributed by atoms with Gasteiger partial charge in [-0.25, -0.2) is 0 Å². The van der Waals surface area contributed by atoms with Gasteiger partial charge in [0.1, 0.15) is 0 Å². The van der Waals surface area contributed by atoms with Crippen LogP contribution in [0.25, 0.3) is 10.9 Å². The number of carbonyl (C=O) groups is 2. The number of rotatable bonds is 3. The molecule has 0 unspecified atom stereocenters. The maximum absolute atomic E-state index is 12.7. The van der Waals surface area contributed by atoms with E-state index >= 15 is 0 Å². The topological polar surface area (TPSA) is 71.1 Å². The highest BCUT2D eigenvalue weighted by Gasteiger charge is 2.27. The zero-order valence-electron chi connectivity index (χ0n) is 13.8. The highest BCUT2D eigenvalue weighted by molar-refractivity contribution is 6.30. The molecule has 5 nitrogen and oxygen atoms in total. The fraction of sp³-hybridized carbons (Fsp3) is 0.150. The quantitative estimate of drug-likeness (QED) is 0.693. The average Bonchev–Trinajstić information content (AvgIpc) is 3.51. The van der Waals surface area contributed by atoms with Crippen molar-refractivity contribution in [1.82, 2.24) is 15.8 Å². The standard InChI is InChI=1S/C20H16ClN3O2/c21-14-9-7-13(8-10-14)19(25)23-24-20(26)16-11-18(12-5-6-12)22-17-4-2-1-3-15(16)17/h1-4,7-12H,5-6H2,(H,23,25)(H,24,26). The Labute approximate surface area is 155 Å². The van der Waals surface area contributed by atoms with E-state index in [0.717, 1.165) is 29.4 Å². The lowest BCUT2D eigenvalue weighted by Gasteiger charge is -2.11. The summed E-state index contributed by atoms with van der Waals surface area (Å²) in [6, 6.07) is 15.8. The third-order valence-corrected chi connectivity index (χ3v) is 4.62. The fourth-order valence-corrected chi connectivity index (χ4v) is 2.95. The first-order valence-electron chi connectivity index (χ1n) is 8.38. The maximum Gasteiger partial charge on any atom is 0.270 e. The maximum atomic E-state index is 12.7. The van der Waals surface area contributed by atoms with Crippen LogP contribution in [0.3, 0.4) is 0 Å². The van der Waals surface area contributed by atoms with Gasteiger partial charge in [0.15, 0.2) is 0 Å². The van der Waals surface area contributed by atoms with Crippen LogP contribution in [0.2, 0.25) is 5.02 Å². The number of para-hydroxylation sites is 1. The van der Waals surface area contributed by atoms with Crippen LogP contribution in [-0.2, 0) is 0 Å². The van der Waals surface area contributed by atoms with E-state index in [-0.39, 0.29) is 5.91 Å². The van der Waals surface area contributed by atoms with Gasteiger partial charge in [0.25, 0.3) is 11.8 Å². The molecular weight excluding hydrogens is 350 g/mol. The van der Waals surface area contributed by atoms with E-state index in [1.165, 1.54) is 0 Å². The van der Waals surface area contributed by atoms with Crippen molar-refractivity contribution in [1.29, 1.82) is 0 Å². The van der Waals surface area contributed by atoms with Crippen LogP contribution < -0.4 is 10.9 Å². The summed E-state index contributed by atoms with van der Waals surface area (Å²) < 4.78 is 0. The van der Waals surface area contributed by atoms with E-state index in [0.29, 0.717) is 22.1 Å². The Morgan fingerprint density at radius 1 is 0.962 bits per heavy atom. The molecule has 0 atom stereocenters. The Hall–Kier alpha value is -2.92. The van der Waals surface area contributed by atoms with Gasteiger partial charge >= 0.3 is 0 Å². The largest absolute Gasteiger partial charge is 0.270 e. The van der Waals surface area contributed by atoms with Crippen LogP contribution in [0.1, 0.15) is 45.2 Å². The van der Waals surface area contributed by atoms with Crippen molar-refractivity contribution in [2.24, 2.45) is 0 Å². The first kappa shape index (κ1) is 16.5. The molecule has 3 aromatic rings. The van der Waals surface area contributed by atoms with Crippen LogP contribution in [0.4, 0.5) is 0 Å². The lowest BCUT2D eigenvalue weighted by atomic mass is 10.1. The molecule has 4 rings (SSSR count). The second-order valence-corrected chi connectivity index (χ2v) is 6.74. The van der Waals surface area contributed by atoms with Gasteiger partial charge in [-0.2, -0.15) is 0 Å². The molecule has 1 aromatic heterocycles. The van der Waals surface area contributed by atoms with E-state index in [2.05, 4.69) is 15.8 Å². The van der Waals surface area contributed by atoms with Crippen LogP contribution in [0.5, 0.6) is 0 Å². The lowest BCUT2D eigenvalue weighted by molar-refractivity contribution is 0.0847. The highest BCUT2D eigenvalue weighted by Crippen LogP contribution is 2.40. The molecule has 1 saturated carbocycles. The molecule has 2 N–H and O–H groups in total. The normalized spacial score (nSPS) is 13.4. The summed E-state index contributed by atoms with van der Waals surface area (Å²) in [5.41, 5.74) is 7.57. The SMILES string of the molecule is O=C(NNC(=O)c1cc(C2CC2)nc2ccccc12)c1ccc(Cl)cc1. The molecule has 6 heteroatoms. The molecular formula is C20H16ClN3O2. The van der Waals surface area contributed by atoms with Crippen LogP contribution >= 0.6 is 11.6 Å². The number of aromatic nitrogens is 1. The van der Waals surface area contributed by atoms with Crippen molar-refractivity contribution in [2.75, 3.05) is 0 Å². The number of nitrogens with one attached hydrogen (secondary N) is 2. The number of hydrogen-bond donors (Lipinski definition) is 2. The number of benzene rings is 2. The minimum atomic E-state index is -0.407. The van der Waals surface area contributed by atoms with E-state index in [1.807, 2.05) is 30.3 Å². The predicted octanol–water partition coefficient (Wildman–Crippen LogP) is 3.84. The van der Waals surface area contributed by atoms with Gasteiger partial charge in [-0.1, -0.05) is 29.8 Å². The summed E-state index contributed by atoms with van der Waals surface area (Å²) in [5.74, 6) is -0.349. The molecule has 0 bridgehead atoms. The third-order valence-electron chi connectivity index (χ3n) is 4.37. The first-order chi connectivity index (χ1) is 12.6. The highest BCUT2D eigenvalue weighted by atomic mass is 35.5. The first-order valence-corrected chi connectivity index (χ1v) is 8.75. The molecule has 1 aliphatic carbocycles. The van der Waals surface area contributed by atoms with Crippen LogP contribution in [0.15, 0.2) is 54.6 Å². The van der Waals surface area contributed by atoms with Crippen molar-refractivity contribution in [2.45, 2.75) is 18.8 Å². The van der Waals surface area contributed by atoms with Crippen molar-refractivity contribution in [3.05, 3.63) is 76.4 Å². The molecule has 0 aliphatic heterocycles. The Morgan fingerprint density at radius 3 is 2.38 bits per heavy atom. The molecule has 1 aliphatic rings. The van der Waals surface area contributed by atoms with E-state index in [1.54, 1.807) is 24.3 Å². The third kappa shape index (κ3) is 3.39. The molecule has 0 saturated heterocycles. The summed E-state index contributed by atoms with van der Waals surface area (Å²) in [7, 11) is 0. The van der Waals surface area contributed by atoms with Gasteiger partial charge in [0, 0.05) is 27.6 Å². The van der Waals surface area contributed by atoms with Crippen molar-refractivity contribution in [3.63, 3.8) is 0 Å². The lowest BCUT2D eigenvalue weighted by Crippen LogP contribution is -2.41. The number of halogens is 1. The zero-order valence-corrected chi connectivity index (χ0v) is 14.6. The van der Waals surface area contributed by atoms with Gasteiger partial charge in [-0.15, -0.1) is 0 Å². The summed E-state index contributed by atoms with van der Waals surface area (Å²) in [6.45, 7) is 0. The van der Waals surface area contributed by atoms with Crippen LogP contribution in [0, 0.1) is 0 Å². The molecule has 0 spiro atoms. The monoisotopic (exact) mass is 365 g/mol. The fourth-order valence-electron chi connectivity index (χ4n) is 2.83. The number of fused-ring (bicyclic) bond motifs is 1. The minimum absolute atomic E-state index is 0.368. The number of nitrogens with zero attached hydrogens (tertiary/aromatic N) is 1. The molecule has 1 fully saturated rings. The summed E-state index contributed by atoms with van der Waals surface area (Å²) >= 11 is 5.82. The Balaban J connectivity index is 1.56. The van der Waals surface area contributed by atoms with Crippen molar-refractivity contribution >= 4 is 34.3 Å². The minimum Gasteiger partial charge on any atom is -0.267 e. The zero-order chi connectivity index (χ0) is 18.1. The Bertz CT molecular complexity index is 998. The predicted molar refractivity (Wildman–Crippen MR) is 100 cm³/mol. The van der Waals surface area contributed by atoms with Gasteiger partial charge in [-0.05, 0) is 49.2 Å². The second-order valence-electron chi connectivity index (χ2n) is 6.30. The Kier molecular flexibility index (Phi) is 4.31. The van der Waals surface area contributed by atoms with E-state index in [9.17, 15) is 9.59 Å². The average molecular weight is 366 g/mol. The molecule has 26 heavy (non-hydrogen) atoms. The number of amides is 2. The summed E-state index contributed by atoms with van der Waals surface area (Å²) in [5, 5.41) is 1.30. The molecule has 0 radical (unpaired) electrons. The second kappa shape index (κ2) is 6.77.